The molecule has 252 valence electrons. The molecule has 53 heavy (non-hydrogen) atoms. The second-order valence-corrected chi connectivity index (χ2v) is 12.9. The molecule has 10 rings (SSSR count). The maximum absolute atomic E-state index is 6.64. The molecule has 0 unspecified atom stereocenters. The summed E-state index contributed by atoms with van der Waals surface area (Å²) in [6.07, 6.45) is 7.12. The van der Waals surface area contributed by atoms with Crippen LogP contribution in [0.3, 0.4) is 0 Å². The fourth-order valence-electron chi connectivity index (χ4n) is 7.19. The van der Waals surface area contributed by atoms with E-state index in [0.717, 1.165) is 66.4 Å². The monoisotopic (exact) mass is 686 g/mol. The minimum Gasteiger partial charge on any atom is -0.457 e. The first-order valence-electron chi connectivity index (χ1n) is 17.4. The van der Waals surface area contributed by atoms with Crippen LogP contribution in [0, 0.1) is 6.92 Å². The average molecular weight is 687 g/mol. The van der Waals surface area contributed by atoms with E-state index in [2.05, 4.69) is 104 Å². The maximum atomic E-state index is 6.64. The van der Waals surface area contributed by atoms with Gasteiger partial charge in [0, 0.05) is 70.1 Å². The van der Waals surface area contributed by atoms with E-state index in [4.69, 9.17) is 14.5 Å². The molecule has 0 aliphatic heterocycles. The fourth-order valence-corrected chi connectivity index (χ4v) is 7.19. The molecule has 0 amide bonds. The summed E-state index contributed by atoms with van der Waals surface area (Å²) in [5.41, 5.74) is 6.05. The molecule has 8 heteroatoms. The van der Waals surface area contributed by atoms with Gasteiger partial charge in [-0.1, -0.05) is 42.5 Å². The highest BCUT2D eigenvalue weighted by Crippen LogP contribution is 2.39. The SMILES string of the molecule is Cc1ccnc(-n2c3ccccc3c3ccc(Oc4cc(Oc5ccc6c7ccccc7n(-c7ccccn7)c6c5)cc(-c5ncccn5)c4)cc32)c1. The van der Waals surface area contributed by atoms with E-state index in [1.54, 1.807) is 18.5 Å². The van der Waals surface area contributed by atoms with Crippen LogP contribution in [-0.2, 0) is 0 Å². The highest BCUT2D eigenvalue weighted by molar-refractivity contribution is 6.10. The third-order valence-corrected chi connectivity index (χ3v) is 9.47. The van der Waals surface area contributed by atoms with Crippen molar-refractivity contribution in [1.29, 1.82) is 0 Å². The maximum Gasteiger partial charge on any atom is 0.159 e. The van der Waals surface area contributed by atoms with Crippen LogP contribution in [0.1, 0.15) is 5.56 Å². The molecular weight excluding hydrogens is 657 g/mol. The Morgan fingerprint density at radius 2 is 0.943 bits per heavy atom. The number of para-hydroxylation sites is 2. The van der Waals surface area contributed by atoms with Gasteiger partial charge in [-0.15, -0.1) is 0 Å². The molecule has 0 N–H and O–H groups in total. The number of hydrogen-bond donors (Lipinski definition) is 0. The first-order chi connectivity index (χ1) is 26.2. The molecule has 5 aromatic carbocycles. The highest BCUT2D eigenvalue weighted by atomic mass is 16.5. The molecular formula is C45H30N6O2. The second-order valence-electron chi connectivity index (χ2n) is 12.9. The number of aromatic nitrogens is 6. The number of benzene rings is 5. The van der Waals surface area contributed by atoms with Crippen molar-refractivity contribution < 1.29 is 9.47 Å². The quantitative estimate of drug-likeness (QED) is 0.166. The van der Waals surface area contributed by atoms with Gasteiger partial charge in [-0.25, -0.2) is 19.9 Å². The minimum absolute atomic E-state index is 0.564. The van der Waals surface area contributed by atoms with E-state index in [-0.39, 0.29) is 0 Å². The molecule has 5 heterocycles. The molecule has 0 spiro atoms. The Bertz CT molecular complexity index is 2970. The van der Waals surface area contributed by atoms with Crippen LogP contribution in [0.15, 0.2) is 164 Å². The van der Waals surface area contributed by atoms with Gasteiger partial charge in [0.2, 0.25) is 0 Å². The van der Waals surface area contributed by atoms with Crippen LogP contribution in [0.25, 0.3) is 66.6 Å². The first-order valence-corrected chi connectivity index (χ1v) is 17.4. The van der Waals surface area contributed by atoms with Gasteiger partial charge >= 0.3 is 0 Å². The van der Waals surface area contributed by atoms with Crippen LogP contribution in [0.5, 0.6) is 23.0 Å². The van der Waals surface area contributed by atoms with Crippen molar-refractivity contribution in [1.82, 2.24) is 29.1 Å². The second kappa shape index (κ2) is 12.5. The van der Waals surface area contributed by atoms with Crippen molar-refractivity contribution in [3.63, 3.8) is 0 Å². The lowest BCUT2D eigenvalue weighted by atomic mass is 10.1. The summed E-state index contributed by atoms with van der Waals surface area (Å²) in [6.45, 7) is 2.08. The molecule has 10 aromatic rings. The van der Waals surface area contributed by atoms with Crippen molar-refractivity contribution in [2.45, 2.75) is 6.92 Å². The van der Waals surface area contributed by atoms with E-state index in [0.29, 0.717) is 28.8 Å². The summed E-state index contributed by atoms with van der Waals surface area (Å²) in [7, 11) is 0. The molecule has 0 aliphatic rings. The van der Waals surface area contributed by atoms with Crippen LogP contribution in [-0.4, -0.2) is 29.1 Å². The van der Waals surface area contributed by atoms with Crippen molar-refractivity contribution in [2.75, 3.05) is 0 Å². The molecule has 0 atom stereocenters. The Balaban J connectivity index is 1.07. The first kappa shape index (κ1) is 30.5. The van der Waals surface area contributed by atoms with E-state index >= 15 is 0 Å². The van der Waals surface area contributed by atoms with Gasteiger partial charge in [-0.05, 0) is 91.3 Å². The van der Waals surface area contributed by atoms with Crippen LogP contribution < -0.4 is 9.47 Å². The third kappa shape index (κ3) is 5.41. The summed E-state index contributed by atoms with van der Waals surface area (Å²) in [5.74, 6) is 4.77. The standard InChI is InChI=1S/C45H30N6O2/c1-29-18-22-47-44(23-29)51-40-12-5-3-10-36(40)38-17-15-32(28-42(38)51)53-34-25-30(45-48-20-8-21-49-45)24-33(26-34)52-31-14-16-37-35-9-2-4-11-39(35)50(41(37)27-31)43-13-6-7-19-46-43/h2-28H,1H3. The van der Waals surface area contributed by atoms with Gasteiger partial charge in [-0.3, -0.25) is 9.13 Å². The Kier molecular flexibility index (Phi) is 7.18. The zero-order valence-corrected chi connectivity index (χ0v) is 28.6. The van der Waals surface area contributed by atoms with Gasteiger partial charge in [0.1, 0.15) is 34.6 Å². The number of aryl methyl sites for hydroxylation is 1. The smallest absolute Gasteiger partial charge is 0.159 e. The summed E-state index contributed by atoms with van der Waals surface area (Å²) in [6, 6.07) is 46.7. The van der Waals surface area contributed by atoms with E-state index < -0.39 is 0 Å². The van der Waals surface area contributed by atoms with Crippen molar-refractivity contribution >= 4 is 43.6 Å². The fraction of sp³-hybridized carbons (Fsp3) is 0.0222. The van der Waals surface area contributed by atoms with Crippen molar-refractivity contribution in [2.24, 2.45) is 0 Å². The van der Waals surface area contributed by atoms with E-state index in [1.807, 2.05) is 73.1 Å². The zero-order valence-electron chi connectivity index (χ0n) is 28.6. The van der Waals surface area contributed by atoms with Crippen molar-refractivity contribution in [3.05, 3.63) is 170 Å². The number of hydrogen-bond acceptors (Lipinski definition) is 6. The normalized spacial score (nSPS) is 11.5. The Morgan fingerprint density at radius 1 is 0.396 bits per heavy atom. The Hall–Kier alpha value is -7.32. The van der Waals surface area contributed by atoms with Gasteiger partial charge in [0.05, 0.1) is 22.1 Å². The summed E-state index contributed by atoms with van der Waals surface area (Å²) < 4.78 is 17.6. The Morgan fingerprint density at radius 3 is 1.55 bits per heavy atom. The molecule has 0 aliphatic carbocycles. The van der Waals surface area contributed by atoms with Gasteiger partial charge in [0.15, 0.2) is 5.82 Å². The van der Waals surface area contributed by atoms with Crippen LogP contribution >= 0.6 is 0 Å². The zero-order chi connectivity index (χ0) is 35.3. The predicted molar refractivity (Wildman–Crippen MR) is 210 cm³/mol. The van der Waals surface area contributed by atoms with Crippen molar-refractivity contribution in [3.8, 4) is 46.0 Å². The number of ether oxygens (including phenoxy) is 2. The highest BCUT2D eigenvalue weighted by Gasteiger charge is 2.17. The molecule has 0 bridgehead atoms. The van der Waals surface area contributed by atoms with Gasteiger partial charge in [-0.2, -0.15) is 0 Å². The van der Waals surface area contributed by atoms with E-state index in [1.165, 1.54) is 0 Å². The van der Waals surface area contributed by atoms with Crippen LogP contribution in [0.2, 0.25) is 0 Å². The molecule has 0 saturated heterocycles. The molecule has 0 saturated carbocycles. The lowest BCUT2D eigenvalue weighted by molar-refractivity contribution is 0.461. The molecule has 5 aromatic heterocycles. The molecule has 8 nitrogen and oxygen atoms in total. The number of pyridine rings is 2. The number of nitrogens with zero attached hydrogens (tertiary/aromatic N) is 6. The largest absolute Gasteiger partial charge is 0.457 e. The lowest BCUT2D eigenvalue weighted by Crippen LogP contribution is -1.97. The predicted octanol–water partition coefficient (Wildman–Crippen LogP) is 11.0. The molecule has 0 fully saturated rings. The third-order valence-electron chi connectivity index (χ3n) is 9.47. The average Bonchev–Trinajstić information content (AvgIpc) is 3.70. The van der Waals surface area contributed by atoms with Crippen LogP contribution in [0.4, 0.5) is 0 Å². The van der Waals surface area contributed by atoms with Gasteiger partial charge < -0.3 is 9.47 Å². The minimum atomic E-state index is 0.564. The number of fused-ring (bicyclic) bond motifs is 6. The Labute approximate surface area is 304 Å². The topological polar surface area (TPSA) is 79.9 Å². The summed E-state index contributed by atoms with van der Waals surface area (Å²) >= 11 is 0. The molecule has 0 radical (unpaired) electrons. The summed E-state index contributed by atoms with van der Waals surface area (Å²) in [4.78, 5) is 18.5. The van der Waals surface area contributed by atoms with E-state index in [9.17, 15) is 0 Å². The van der Waals surface area contributed by atoms with Gasteiger partial charge in [0.25, 0.3) is 0 Å². The lowest BCUT2D eigenvalue weighted by Gasteiger charge is -2.13. The number of rotatable bonds is 7. The summed E-state index contributed by atoms with van der Waals surface area (Å²) in [5, 5.41) is 4.52.